The Bertz CT molecular complexity index is 1220. The number of hydrogen-bond acceptors (Lipinski definition) is 3. The number of carbonyl (C=O) groups excluding carboxylic acids is 1. The number of fused-ring (bicyclic) bond motifs is 5. The molecule has 2 atom stereocenters. The summed E-state index contributed by atoms with van der Waals surface area (Å²) < 4.78 is 33.1. The molecule has 0 saturated carbocycles. The predicted molar refractivity (Wildman–Crippen MR) is 123 cm³/mol. The number of benzene rings is 3. The van der Waals surface area contributed by atoms with Gasteiger partial charge in [0.15, 0.2) is 11.6 Å². The van der Waals surface area contributed by atoms with E-state index in [1.807, 2.05) is 24.3 Å². The minimum atomic E-state index is -1.29. The second kappa shape index (κ2) is 7.91. The van der Waals surface area contributed by atoms with Crippen LogP contribution in [0.15, 0.2) is 66.7 Å². The van der Waals surface area contributed by atoms with Crippen LogP contribution in [-0.4, -0.2) is 34.8 Å². The normalized spacial score (nSPS) is 25.2. The molecule has 6 heteroatoms. The van der Waals surface area contributed by atoms with Crippen molar-refractivity contribution in [3.8, 4) is 11.1 Å². The third-order valence-corrected chi connectivity index (χ3v) is 7.77. The Morgan fingerprint density at radius 2 is 1.50 bits per heavy atom. The Kier molecular flexibility index (Phi) is 4.96. The Morgan fingerprint density at radius 3 is 2.09 bits per heavy atom. The Hall–Kier alpha value is -3.25. The van der Waals surface area contributed by atoms with E-state index in [9.17, 15) is 18.7 Å². The number of halogens is 2. The van der Waals surface area contributed by atoms with Crippen molar-refractivity contribution in [3.05, 3.63) is 95.1 Å². The first-order valence-electron chi connectivity index (χ1n) is 11.8. The Labute approximate surface area is 196 Å². The van der Waals surface area contributed by atoms with Crippen LogP contribution < -0.4 is 0 Å². The number of piperidine rings is 1. The van der Waals surface area contributed by atoms with Crippen LogP contribution in [0.1, 0.15) is 48.3 Å². The highest BCUT2D eigenvalue weighted by molar-refractivity contribution is 5.79. The van der Waals surface area contributed by atoms with Crippen molar-refractivity contribution in [1.82, 2.24) is 4.90 Å². The van der Waals surface area contributed by atoms with Gasteiger partial charge in [0, 0.05) is 30.8 Å². The van der Waals surface area contributed by atoms with E-state index in [0.29, 0.717) is 5.56 Å². The largest absolute Gasteiger partial charge is 0.448 e. The number of carbonyl (C=O) groups is 1. The van der Waals surface area contributed by atoms with Gasteiger partial charge in [0.1, 0.15) is 6.61 Å². The van der Waals surface area contributed by atoms with Gasteiger partial charge in [-0.1, -0.05) is 54.6 Å². The molecular weight excluding hydrogens is 436 g/mol. The van der Waals surface area contributed by atoms with E-state index in [1.165, 1.54) is 17.2 Å². The SMILES string of the molecule is O=C(OCC1c2ccccc2-c2ccccc21)N1C2CCC1CC(O)(c1ccc(F)c(F)c1)C2. The summed E-state index contributed by atoms with van der Waals surface area (Å²) in [5.41, 5.74) is 3.73. The topological polar surface area (TPSA) is 49.8 Å². The summed E-state index contributed by atoms with van der Waals surface area (Å²) in [4.78, 5) is 14.9. The van der Waals surface area contributed by atoms with Crippen molar-refractivity contribution in [2.24, 2.45) is 0 Å². The van der Waals surface area contributed by atoms with Crippen LogP contribution in [-0.2, 0) is 10.3 Å². The van der Waals surface area contributed by atoms with Crippen LogP contribution in [0.5, 0.6) is 0 Å². The molecule has 1 amide bonds. The molecule has 6 rings (SSSR count). The van der Waals surface area contributed by atoms with E-state index in [1.54, 1.807) is 4.90 Å². The van der Waals surface area contributed by atoms with E-state index in [4.69, 9.17) is 4.74 Å². The summed E-state index contributed by atoms with van der Waals surface area (Å²) in [5, 5.41) is 11.3. The lowest BCUT2D eigenvalue weighted by atomic mass is 9.80. The summed E-state index contributed by atoms with van der Waals surface area (Å²) in [7, 11) is 0. The zero-order chi connectivity index (χ0) is 23.4. The summed E-state index contributed by atoms with van der Waals surface area (Å²) in [6.45, 7) is 0.246. The minimum Gasteiger partial charge on any atom is -0.448 e. The molecule has 2 aliphatic heterocycles. The number of nitrogens with zero attached hydrogens (tertiary/aromatic N) is 1. The molecule has 2 bridgehead atoms. The molecule has 174 valence electrons. The van der Waals surface area contributed by atoms with Gasteiger partial charge < -0.3 is 14.7 Å². The fourth-order valence-electron chi connectivity index (χ4n) is 6.21. The molecule has 3 aromatic carbocycles. The van der Waals surface area contributed by atoms with E-state index in [0.717, 1.165) is 36.1 Å². The number of amides is 1. The number of ether oxygens (including phenoxy) is 1. The van der Waals surface area contributed by atoms with E-state index >= 15 is 0 Å². The van der Waals surface area contributed by atoms with Crippen LogP contribution in [0.2, 0.25) is 0 Å². The lowest BCUT2D eigenvalue weighted by Gasteiger charge is -2.43. The van der Waals surface area contributed by atoms with Crippen LogP contribution in [0.4, 0.5) is 13.6 Å². The lowest BCUT2D eigenvalue weighted by Crippen LogP contribution is -2.52. The summed E-state index contributed by atoms with van der Waals surface area (Å²) in [6, 6.07) is 19.5. The van der Waals surface area contributed by atoms with Crippen LogP contribution in [0.3, 0.4) is 0 Å². The maximum absolute atomic E-state index is 13.8. The average Bonchev–Trinajstić information content (AvgIpc) is 3.31. The van der Waals surface area contributed by atoms with E-state index in [-0.39, 0.29) is 43.5 Å². The maximum atomic E-state index is 13.8. The molecule has 0 aromatic heterocycles. The van der Waals surface area contributed by atoms with Gasteiger partial charge in [-0.3, -0.25) is 0 Å². The highest BCUT2D eigenvalue weighted by atomic mass is 19.2. The van der Waals surface area contributed by atoms with Gasteiger partial charge in [-0.2, -0.15) is 0 Å². The molecule has 1 N–H and O–H groups in total. The summed E-state index contributed by atoms with van der Waals surface area (Å²) in [6.07, 6.45) is 1.68. The van der Waals surface area contributed by atoms with Crippen molar-refractivity contribution in [2.45, 2.75) is 49.3 Å². The van der Waals surface area contributed by atoms with Crippen LogP contribution in [0.25, 0.3) is 11.1 Å². The van der Waals surface area contributed by atoms with Gasteiger partial charge in [0.05, 0.1) is 5.60 Å². The summed E-state index contributed by atoms with van der Waals surface area (Å²) in [5.74, 6) is -1.93. The van der Waals surface area contributed by atoms with Gasteiger partial charge in [-0.25, -0.2) is 13.6 Å². The fourth-order valence-corrected chi connectivity index (χ4v) is 6.21. The van der Waals surface area contributed by atoms with Crippen LogP contribution in [0, 0.1) is 11.6 Å². The lowest BCUT2D eigenvalue weighted by molar-refractivity contribution is -0.0533. The van der Waals surface area contributed by atoms with Gasteiger partial charge in [-0.05, 0) is 52.8 Å². The van der Waals surface area contributed by atoms with Gasteiger partial charge >= 0.3 is 6.09 Å². The third-order valence-electron chi connectivity index (χ3n) is 7.77. The van der Waals surface area contributed by atoms with Crippen molar-refractivity contribution in [3.63, 3.8) is 0 Å². The molecule has 4 nitrogen and oxygen atoms in total. The zero-order valence-electron chi connectivity index (χ0n) is 18.6. The molecular formula is C28H25F2NO3. The molecule has 0 radical (unpaired) electrons. The first kappa shape index (κ1) is 21.3. The van der Waals surface area contributed by atoms with Crippen molar-refractivity contribution >= 4 is 6.09 Å². The number of hydrogen-bond donors (Lipinski definition) is 1. The monoisotopic (exact) mass is 461 g/mol. The predicted octanol–water partition coefficient (Wildman–Crippen LogP) is 5.73. The molecule has 3 aliphatic rings. The smallest absolute Gasteiger partial charge is 0.410 e. The van der Waals surface area contributed by atoms with Crippen molar-refractivity contribution in [1.29, 1.82) is 0 Å². The molecule has 3 aromatic rings. The standard InChI is InChI=1S/C28H25F2NO3/c29-25-12-9-17(13-26(25)30)28(33)14-18-10-11-19(15-28)31(18)27(32)34-16-24-22-7-3-1-5-20(22)21-6-2-4-8-23(21)24/h1-9,12-13,18-19,24,33H,10-11,14-16H2. The van der Waals surface area contributed by atoms with Gasteiger partial charge in [0.2, 0.25) is 0 Å². The molecule has 0 spiro atoms. The molecule has 34 heavy (non-hydrogen) atoms. The van der Waals surface area contributed by atoms with Crippen LogP contribution >= 0.6 is 0 Å². The number of rotatable bonds is 3. The highest BCUT2D eigenvalue weighted by Gasteiger charge is 2.51. The zero-order valence-corrected chi connectivity index (χ0v) is 18.6. The second-order valence-electron chi connectivity index (χ2n) is 9.66. The minimum absolute atomic E-state index is 0.0158. The van der Waals surface area contributed by atoms with E-state index in [2.05, 4.69) is 24.3 Å². The first-order valence-corrected chi connectivity index (χ1v) is 11.8. The molecule has 2 fully saturated rings. The molecule has 2 saturated heterocycles. The fraction of sp³-hybridized carbons (Fsp3) is 0.321. The first-order chi connectivity index (χ1) is 16.4. The maximum Gasteiger partial charge on any atom is 0.410 e. The second-order valence-corrected chi connectivity index (χ2v) is 9.66. The Morgan fingerprint density at radius 1 is 0.912 bits per heavy atom. The van der Waals surface area contributed by atoms with Crippen molar-refractivity contribution in [2.75, 3.05) is 6.61 Å². The molecule has 2 unspecified atom stereocenters. The average molecular weight is 462 g/mol. The molecule has 2 heterocycles. The highest BCUT2D eigenvalue weighted by Crippen LogP contribution is 2.47. The number of aliphatic hydroxyl groups is 1. The van der Waals surface area contributed by atoms with Gasteiger partial charge in [0.25, 0.3) is 0 Å². The van der Waals surface area contributed by atoms with Crippen molar-refractivity contribution < 1.29 is 23.4 Å². The Balaban J connectivity index is 1.19. The molecule has 1 aliphatic carbocycles. The van der Waals surface area contributed by atoms with E-state index < -0.39 is 17.2 Å². The summed E-state index contributed by atoms with van der Waals surface area (Å²) >= 11 is 0. The van der Waals surface area contributed by atoms with Gasteiger partial charge in [-0.15, -0.1) is 0 Å². The quantitative estimate of drug-likeness (QED) is 0.542. The third kappa shape index (κ3) is 3.31.